The van der Waals surface area contributed by atoms with Crippen LogP contribution in [0.5, 0.6) is 0 Å². The molecule has 0 spiro atoms. The molecule has 2 heterocycles. The maximum Gasteiger partial charge on any atom is 0.276 e. The third-order valence-corrected chi connectivity index (χ3v) is 6.09. The van der Waals surface area contributed by atoms with Crippen LogP contribution in [0.4, 0.5) is 5.82 Å². The van der Waals surface area contributed by atoms with Crippen LogP contribution in [0.2, 0.25) is 0 Å². The molecule has 0 saturated heterocycles. The number of rotatable bonds is 18. The Hall–Kier alpha value is -2.98. The number of anilines is 1. The molecule has 0 fully saturated rings. The highest BCUT2D eigenvalue weighted by atomic mass is 16.5. The van der Waals surface area contributed by atoms with Crippen molar-refractivity contribution in [2.24, 2.45) is 0 Å². The van der Waals surface area contributed by atoms with Gasteiger partial charge in [0, 0.05) is 65.9 Å². The van der Waals surface area contributed by atoms with Crippen LogP contribution in [0.15, 0.2) is 24.5 Å². The predicted molar refractivity (Wildman–Crippen MR) is 150 cm³/mol. The van der Waals surface area contributed by atoms with Gasteiger partial charge in [0.05, 0.1) is 13.2 Å². The highest BCUT2D eigenvalue weighted by Crippen LogP contribution is 2.25. The molecule has 2 rings (SSSR count). The number of carbonyl (C=O) groups is 2. The summed E-state index contributed by atoms with van der Waals surface area (Å²) in [7, 11) is 3.25. The molecule has 10 heteroatoms. The van der Waals surface area contributed by atoms with Crippen molar-refractivity contribution in [1.82, 2.24) is 24.3 Å². The normalized spacial score (nSPS) is 11.0. The zero-order chi connectivity index (χ0) is 27.9. The first-order chi connectivity index (χ1) is 18.5. The van der Waals surface area contributed by atoms with Gasteiger partial charge in [0.15, 0.2) is 23.0 Å². The molecule has 10 nitrogen and oxygen atoms in total. The third-order valence-electron chi connectivity index (χ3n) is 6.09. The summed E-state index contributed by atoms with van der Waals surface area (Å²) in [4.78, 5) is 43.3. The van der Waals surface area contributed by atoms with Crippen LogP contribution >= 0.6 is 0 Å². The Morgan fingerprint density at radius 3 is 1.63 bits per heavy atom. The average Bonchev–Trinajstić information content (AvgIpc) is 3.47. The number of nitrogens with zero attached hydrogens (tertiary/aromatic N) is 6. The Morgan fingerprint density at radius 1 is 0.711 bits per heavy atom. The highest BCUT2D eigenvalue weighted by Gasteiger charge is 2.30. The Bertz CT molecular complexity index is 976. The Labute approximate surface area is 227 Å². The van der Waals surface area contributed by atoms with Gasteiger partial charge in [0.25, 0.3) is 11.8 Å². The SMILES string of the molecule is CCCN(CCOC)C(=O)c1nc(-n2cccc2)c(C(=O)N(CCC)CCOC)nc1N(CCC)CCC. The number of hydrogen-bond acceptors (Lipinski definition) is 7. The highest BCUT2D eigenvalue weighted by molar-refractivity contribution is 6.00. The number of aromatic nitrogens is 3. The fourth-order valence-corrected chi connectivity index (χ4v) is 4.32. The molecule has 2 amide bonds. The second-order valence-corrected chi connectivity index (χ2v) is 9.22. The first-order valence-corrected chi connectivity index (χ1v) is 13.8. The first-order valence-electron chi connectivity index (χ1n) is 13.8. The van der Waals surface area contributed by atoms with Gasteiger partial charge in [-0.05, 0) is 37.8 Å². The van der Waals surface area contributed by atoms with Crippen molar-refractivity contribution in [2.45, 2.75) is 53.4 Å². The van der Waals surface area contributed by atoms with E-state index in [9.17, 15) is 9.59 Å². The maximum atomic E-state index is 14.0. The Morgan fingerprint density at radius 2 is 1.18 bits per heavy atom. The minimum atomic E-state index is -0.224. The van der Waals surface area contributed by atoms with Crippen molar-refractivity contribution in [1.29, 1.82) is 0 Å². The molecule has 0 radical (unpaired) electrons. The quantitative estimate of drug-likeness (QED) is 0.289. The number of hydrogen-bond donors (Lipinski definition) is 0. The minimum absolute atomic E-state index is 0.208. The second kappa shape index (κ2) is 16.8. The number of carbonyl (C=O) groups excluding carboxylic acids is 2. The largest absolute Gasteiger partial charge is 0.383 e. The molecule has 38 heavy (non-hydrogen) atoms. The molecule has 0 aliphatic heterocycles. The van der Waals surface area contributed by atoms with Crippen molar-refractivity contribution >= 4 is 17.6 Å². The summed E-state index contributed by atoms with van der Waals surface area (Å²) in [6, 6.07) is 3.73. The van der Waals surface area contributed by atoms with E-state index in [2.05, 4.69) is 18.7 Å². The summed E-state index contributed by atoms with van der Waals surface area (Å²) >= 11 is 0. The molecule has 0 atom stereocenters. The van der Waals surface area contributed by atoms with Crippen LogP contribution in [0.3, 0.4) is 0 Å². The molecule has 0 saturated carbocycles. The summed E-state index contributed by atoms with van der Waals surface area (Å²) in [6.45, 7) is 12.5. The number of methoxy groups -OCH3 is 2. The van der Waals surface area contributed by atoms with Crippen molar-refractivity contribution in [3.05, 3.63) is 35.9 Å². The average molecular weight is 531 g/mol. The lowest BCUT2D eigenvalue weighted by molar-refractivity contribution is 0.0676. The predicted octanol–water partition coefficient (Wildman–Crippen LogP) is 3.89. The summed E-state index contributed by atoms with van der Waals surface area (Å²) in [6.07, 6.45) is 6.98. The lowest BCUT2D eigenvalue weighted by Gasteiger charge is -2.29. The molecule has 2 aromatic heterocycles. The molecule has 0 aromatic carbocycles. The molecular formula is C28H46N6O4. The van der Waals surface area contributed by atoms with Crippen molar-refractivity contribution < 1.29 is 19.1 Å². The van der Waals surface area contributed by atoms with E-state index in [0.29, 0.717) is 64.1 Å². The standard InChI is InChI=1S/C28H46N6O4/c1-7-13-31(14-8-2)25-23(27(35)33(15-9-3)19-21-37-5)30-26(32-17-11-12-18-32)24(29-25)28(36)34(16-10-4)20-22-38-6/h11-12,17-18H,7-10,13-16,19-22H2,1-6H3. The van der Waals surface area contributed by atoms with E-state index in [1.807, 2.05) is 38.4 Å². The van der Waals surface area contributed by atoms with Crippen molar-refractivity contribution in [2.75, 3.05) is 71.6 Å². The fourth-order valence-electron chi connectivity index (χ4n) is 4.32. The lowest BCUT2D eigenvalue weighted by atomic mass is 10.2. The lowest BCUT2D eigenvalue weighted by Crippen LogP contribution is -2.39. The van der Waals surface area contributed by atoms with Gasteiger partial charge < -0.3 is 28.7 Å². The van der Waals surface area contributed by atoms with Gasteiger partial charge in [0.2, 0.25) is 0 Å². The van der Waals surface area contributed by atoms with E-state index in [1.54, 1.807) is 28.6 Å². The molecule has 212 valence electrons. The van der Waals surface area contributed by atoms with Crippen LogP contribution < -0.4 is 4.90 Å². The van der Waals surface area contributed by atoms with Gasteiger partial charge in [0.1, 0.15) is 0 Å². The summed E-state index contributed by atoms with van der Waals surface area (Å²) in [5.74, 6) is 0.375. The zero-order valence-electron chi connectivity index (χ0n) is 24.1. The van der Waals surface area contributed by atoms with Crippen LogP contribution in [0, 0.1) is 0 Å². The smallest absolute Gasteiger partial charge is 0.276 e. The van der Waals surface area contributed by atoms with E-state index < -0.39 is 0 Å². The molecule has 0 N–H and O–H groups in total. The maximum absolute atomic E-state index is 14.0. The summed E-state index contributed by atoms with van der Waals surface area (Å²) in [5.41, 5.74) is 0.490. The van der Waals surface area contributed by atoms with Gasteiger partial charge in [-0.3, -0.25) is 9.59 Å². The minimum Gasteiger partial charge on any atom is -0.383 e. The van der Waals surface area contributed by atoms with Crippen LogP contribution in [0.25, 0.3) is 5.82 Å². The van der Waals surface area contributed by atoms with Gasteiger partial charge in [-0.2, -0.15) is 0 Å². The molecule has 2 aromatic rings. The molecule has 0 aliphatic carbocycles. The Kier molecular flexibility index (Phi) is 13.8. The third kappa shape index (κ3) is 8.26. The Balaban J connectivity index is 2.78. The van der Waals surface area contributed by atoms with E-state index in [1.165, 1.54) is 0 Å². The van der Waals surface area contributed by atoms with Crippen LogP contribution in [-0.4, -0.2) is 103 Å². The van der Waals surface area contributed by atoms with Gasteiger partial charge in [-0.15, -0.1) is 0 Å². The van der Waals surface area contributed by atoms with E-state index in [-0.39, 0.29) is 23.2 Å². The van der Waals surface area contributed by atoms with E-state index >= 15 is 0 Å². The van der Waals surface area contributed by atoms with E-state index in [0.717, 1.165) is 25.7 Å². The molecule has 0 aliphatic rings. The van der Waals surface area contributed by atoms with Gasteiger partial charge in [-0.25, -0.2) is 9.97 Å². The second-order valence-electron chi connectivity index (χ2n) is 9.22. The van der Waals surface area contributed by atoms with E-state index in [4.69, 9.17) is 19.4 Å². The van der Waals surface area contributed by atoms with Gasteiger partial charge in [-0.1, -0.05) is 27.7 Å². The number of ether oxygens (including phenoxy) is 2. The van der Waals surface area contributed by atoms with Crippen molar-refractivity contribution in [3.8, 4) is 5.82 Å². The van der Waals surface area contributed by atoms with Crippen LogP contribution in [-0.2, 0) is 9.47 Å². The summed E-state index contributed by atoms with van der Waals surface area (Å²) in [5, 5.41) is 0. The zero-order valence-corrected chi connectivity index (χ0v) is 24.1. The molecule has 0 unspecified atom stereocenters. The van der Waals surface area contributed by atoms with Crippen LogP contribution in [0.1, 0.15) is 74.4 Å². The van der Waals surface area contributed by atoms with Gasteiger partial charge >= 0.3 is 0 Å². The molecule has 0 bridgehead atoms. The summed E-state index contributed by atoms with van der Waals surface area (Å²) < 4.78 is 12.3. The fraction of sp³-hybridized carbons (Fsp3) is 0.643. The first kappa shape index (κ1) is 31.2. The monoisotopic (exact) mass is 530 g/mol. The molecular weight excluding hydrogens is 484 g/mol. The topological polar surface area (TPSA) is 93.0 Å². The number of amides is 2. The van der Waals surface area contributed by atoms with Crippen molar-refractivity contribution in [3.63, 3.8) is 0 Å².